The molecule has 1 aromatic rings. The first-order valence-electron chi connectivity index (χ1n) is 3.83. The van der Waals surface area contributed by atoms with Crippen molar-refractivity contribution in [2.24, 2.45) is 0 Å². The first-order chi connectivity index (χ1) is 6.88. The van der Waals surface area contributed by atoms with Gasteiger partial charge < -0.3 is 0 Å². The number of halogens is 1. The molecule has 0 unspecified atom stereocenters. The Balaban J connectivity index is 2.66. The molecule has 0 radical (unpaired) electrons. The van der Waals surface area contributed by atoms with E-state index in [0.717, 1.165) is 9.83 Å². The first kappa shape index (κ1) is 12.8. The van der Waals surface area contributed by atoms with Gasteiger partial charge in [-0.05, 0) is 46.9 Å². The molecule has 1 aromatic carbocycles. The molecule has 0 aliphatic rings. The summed E-state index contributed by atoms with van der Waals surface area (Å²) >= 11 is 2.12. The zero-order valence-corrected chi connectivity index (χ0v) is 11.5. The van der Waals surface area contributed by atoms with Gasteiger partial charge >= 0.3 is 0 Å². The summed E-state index contributed by atoms with van der Waals surface area (Å²) < 4.78 is 24.8. The first-order valence-corrected chi connectivity index (χ1v) is 8.13. The van der Waals surface area contributed by atoms with E-state index in [1.54, 1.807) is 24.3 Å². The van der Waals surface area contributed by atoms with Crippen LogP contribution in [0.1, 0.15) is 10.4 Å². The van der Waals surface area contributed by atoms with Crippen LogP contribution in [0.3, 0.4) is 0 Å². The number of hydrogen-bond donors (Lipinski definition) is 1. The molecule has 0 heterocycles. The maximum Gasteiger partial charge on any atom is 0.261 e. The summed E-state index contributed by atoms with van der Waals surface area (Å²) in [7, 11) is -2.84. The van der Waals surface area contributed by atoms with Gasteiger partial charge in [-0.2, -0.15) is 0 Å². The van der Waals surface area contributed by atoms with Crippen LogP contribution in [0, 0.1) is 3.57 Å². The van der Waals surface area contributed by atoms with Crippen LogP contribution in [-0.2, 0) is 8.87 Å². The monoisotopic (exact) mass is 360 g/mol. The second-order valence-corrected chi connectivity index (χ2v) is 8.07. The summed E-state index contributed by atoms with van der Waals surface area (Å²) in [5.41, 5.74) is 0.437. The lowest BCUT2D eigenvalue weighted by atomic mass is 10.2. The minimum Gasteiger partial charge on any atom is -0.283 e. The lowest BCUT2D eigenvalue weighted by Crippen LogP contribution is -2.17. The number of rotatable bonds is 3. The lowest BCUT2D eigenvalue weighted by Gasteiger charge is -2.02. The van der Waals surface area contributed by atoms with Gasteiger partial charge in [0.1, 0.15) is 0 Å². The van der Waals surface area contributed by atoms with E-state index in [1.165, 1.54) is 0 Å². The second kappa shape index (κ2) is 5.17. The molecule has 1 rings (SSSR count). The summed E-state index contributed by atoms with van der Waals surface area (Å²) in [6.45, 7) is 0. The van der Waals surface area contributed by atoms with Crippen molar-refractivity contribution in [1.82, 2.24) is 4.72 Å². The van der Waals surface area contributed by atoms with Crippen LogP contribution in [0.25, 0.3) is 0 Å². The van der Waals surface area contributed by atoms with Crippen molar-refractivity contribution in [3.63, 3.8) is 0 Å². The molecule has 0 saturated carbocycles. The van der Waals surface area contributed by atoms with Crippen molar-refractivity contribution >= 4 is 48.3 Å². The molecule has 0 aromatic heterocycles. The van der Waals surface area contributed by atoms with Crippen molar-refractivity contribution < 1.29 is 13.2 Å². The number of benzene rings is 1. The van der Waals surface area contributed by atoms with E-state index in [0.29, 0.717) is 16.5 Å². The highest BCUT2D eigenvalue weighted by Crippen LogP contribution is 2.09. The Morgan fingerprint density at radius 1 is 1.33 bits per heavy atom. The van der Waals surface area contributed by atoms with Crippen molar-refractivity contribution in [3.05, 3.63) is 33.4 Å². The standard InChI is InChI=1S/C8H8INO3S2/c1-15(12,13)14-10-8(11)6-2-4-7(9)5-3-6/h2-5H,1H3,(H,10,11)/i14+3. The molecule has 0 aliphatic heterocycles. The molecule has 4 nitrogen and oxygen atoms in total. The predicted molar refractivity (Wildman–Crippen MR) is 69.1 cm³/mol. The van der Waals surface area contributed by atoms with Gasteiger partial charge in [0, 0.05) is 9.13 Å². The highest BCUT2D eigenvalue weighted by Gasteiger charge is 2.09. The number of carbonyl (C=O) groups is 1. The third kappa shape index (κ3) is 4.85. The van der Waals surface area contributed by atoms with Gasteiger partial charge in [0.05, 0.1) is 17.2 Å². The smallest absolute Gasteiger partial charge is 0.261 e. The predicted octanol–water partition coefficient (Wildman–Crippen LogP) is 1.63. The maximum atomic E-state index is 11.4. The lowest BCUT2D eigenvalue weighted by molar-refractivity contribution is 0.0984. The van der Waals surface area contributed by atoms with Crippen LogP contribution in [-0.4, -0.2) is 20.6 Å². The van der Waals surface area contributed by atoms with Crippen LogP contribution >= 0.6 is 33.6 Å². The van der Waals surface area contributed by atoms with E-state index in [-0.39, 0.29) is 0 Å². The number of nitrogens with one attached hydrogen (secondary N) is 1. The van der Waals surface area contributed by atoms with E-state index in [9.17, 15) is 13.2 Å². The van der Waals surface area contributed by atoms with Gasteiger partial charge in [0.25, 0.3) is 5.91 Å². The quantitative estimate of drug-likeness (QED) is 0.506. The van der Waals surface area contributed by atoms with E-state index < -0.39 is 14.8 Å². The minimum atomic E-state index is -3.25. The molecule has 15 heavy (non-hydrogen) atoms. The summed E-state index contributed by atoms with van der Waals surface area (Å²) in [5, 5.41) is 0. The highest BCUT2D eigenvalue weighted by atomic mass is 127. The van der Waals surface area contributed by atoms with Crippen molar-refractivity contribution in [2.45, 2.75) is 0 Å². The van der Waals surface area contributed by atoms with E-state index in [2.05, 4.69) is 27.3 Å². The van der Waals surface area contributed by atoms with Crippen LogP contribution in [0.4, 0.5) is 0 Å². The van der Waals surface area contributed by atoms with E-state index in [4.69, 9.17) is 0 Å². The summed E-state index contributed by atoms with van der Waals surface area (Å²) in [5.74, 6) is -0.415. The van der Waals surface area contributed by atoms with Gasteiger partial charge in [0.15, 0.2) is 0 Å². The normalized spacial score (nSPS) is 11.1. The average Bonchev–Trinajstić information content (AvgIpc) is 2.14. The van der Waals surface area contributed by atoms with Crippen molar-refractivity contribution in [2.75, 3.05) is 6.26 Å². The molecular formula is C8H8INO3S2. The second-order valence-electron chi connectivity index (χ2n) is 2.73. The molecule has 7 heteroatoms. The fraction of sp³-hybridized carbons (Fsp3) is 0.125. The van der Waals surface area contributed by atoms with Gasteiger partial charge in [0.2, 0.25) is 8.87 Å². The average molecular weight is 360 g/mol. The van der Waals surface area contributed by atoms with Crippen LogP contribution in [0.5, 0.6) is 0 Å². The molecule has 0 saturated heterocycles. The topological polar surface area (TPSA) is 63.2 Å². The molecule has 0 aliphatic carbocycles. The van der Waals surface area contributed by atoms with Gasteiger partial charge in [-0.25, -0.2) is 8.42 Å². The fourth-order valence-corrected chi connectivity index (χ4v) is 2.16. The zero-order chi connectivity index (χ0) is 11.5. The third-order valence-electron chi connectivity index (χ3n) is 1.39. The van der Waals surface area contributed by atoms with Crippen LogP contribution < -0.4 is 4.72 Å². The number of hydrogen-bond acceptors (Lipinski definition) is 4. The molecule has 0 bridgehead atoms. The van der Waals surface area contributed by atoms with Crippen molar-refractivity contribution in [1.29, 1.82) is 0 Å². The summed E-state index contributed by atoms with van der Waals surface area (Å²) in [6, 6.07) is 6.83. The largest absolute Gasteiger partial charge is 0.283 e. The highest BCUT2D eigenvalue weighted by molar-refractivity contribution is 14.1. The summed E-state index contributed by atoms with van der Waals surface area (Å²) in [4.78, 5) is 11.4. The molecule has 82 valence electrons. The molecule has 0 spiro atoms. The van der Waals surface area contributed by atoms with E-state index >= 15 is 0 Å². The third-order valence-corrected chi connectivity index (χ3v) is 3.84. The molecule has 1 N–H and O–H groups in total. The summed E-state index contributed by atoms with van der Waals surface area (Å²) in [6.07, 6.45) is 1.03. The van der Waals surface area contributed by atoms with E-state index in [1.807, 2.05) is 0 Å². The van der Waals surface area contributed by atoms with Gasteiger partial charge in [-0.1, -0.05) is 0 Å². The Labute approximate surface area is 105 Å². The SMILES string of the molecule is CS(=O)(=O)[35S]NC(=O)c1ccc(I)cc1. The fourth-order valence-electron chi connectivity index (χ4n) is 0.774. The number of carbonyl (C=O) groups excluding carboxylic acids is 1. The van der Waals surface area contributed by atoms with Gasteiger partial charge in [-0.3, -0.25) is 9.52 Å². The molecule has 1 amide bonds. The molecular weight excluding hydrogens is 352 g/mol. The van der Waals surface area contributed by atoms with Crippen LogP contribution in [0.15, 0.2) is 24.3 Å². The Bertz CT molecular complexity index is 455. The molecule has 0 fully saturated rings. The Kier molecular flexibility index (Phi) is 4.41. The zero-order valence-electron chi connectivity index (χ0n) is 7.73. The molecule has 0 atom stereocenters. The Hall–Kier alpha value is -0.280. The maximum absolute atomic E-state index is 11.4. The van der Waals surface area contributed by atoms with Crippen LogP contribution in [0.2, 0.25) is 0 Å². The Morgan fingerprint density at radius 3 is 2.33 bits per heavy atom. The Morgan fingerprint density at radius 2 is 1.87 bits per heavy atom. The minimum absolute atomic E-state index is 0.412. The van der Waals surface area contributed by atoms with Crippen molar-refractivity contribution in [3.8, 4) is 0 Å². The number of amides is 1. The van der Waals surface area contributed by atoms with Gasteiger partial charge in [-0.15, -0.1) is 0 Å².